The number of methoxy groups -OCH3 is 1. The Bertz CT molecular complexity index is 1150. The third kappa shape index (κ3) is 3.62. The lowest BCUT2D eigenvalue weighted by Crippen LogP contribution is -2.22. The second kappa shape index (κ2) is 7.64. The molecule has 4 rings (SSSR count). The summed E-state index contributed by atoms with van der Waals surface area (Å²) < 4.78 is 7.07. The second-order valence-electron chi connectivity index (χ2n) is 6.30. The zero-order valence-corrected chi connectivity index (χ0v) is 16.1. The molecule has 1 atom stereocenters. The molecule has 11 nitrogen and oxygen atoms in total. The van der Waals surface area contributed by atoms with E-state index in [2.05, 4.69) is 35.9 Å². The maximum absolute atomic E-state index is 12.6. The summed E-state index contributed by atoms with van der Waals surface area (Å²) in [4.78, 5) is 22.6. The van der Waals surface area contributed by atoms with Crippen LogP contribution in [0.25, 0.3) is 11.5 Å². The fourth-order valence-electron chi connectivity index (χ4n) is 2.94. The van der Waals surface area contributed by atoms with Crippen LogP contribution in [0.15, 0.2) is 43.1 Å². The largest absolute Gasteiger partial charge is 0.375 e. The molecular weight excluding hydrogens is 374 g/mol. The highest BCUT2D eigenvalue weighted by molar-refractivity contribution is 6.00. The van der Waals surface area contributed by atoms with Crippen molar-refractivity contribution in [1.29, 1.82) is 0 Å². The van der Waals surface area contributed by atoms with E-state index in [1.165, 1.54) is 4.80 Å². The maximum atomic E-state index is 12.6. The number of nitrogens with one attached hydrogen (secondary N) is 2. The fourth-order valence-corrected chi connectivity index (χ4v) is 2.94. The number of pyridine rings is 1. The van der Waals surface area contributed by atoms with Gasteiger partial charge in [-0.25, -0.2) is 19.3 Å². The Morgan fingerprint density at radius 2 is 1.90 bits per heavy atom. The summed E-state index contributed by atoms with van der Waals surface area (Å²) in [6.45, 7) is 3.73. The highest BCUT2D eigenvalue weighted by Crippen LogP contribution is 2.25. The van der Waals surface area contributed by atoms with E-state index in [0.29, 0.717) is 28.5 Å². The molecule has 4 heterocycles. The zero-order valence-electron chi connectivity index (χ0n) is 16.1. The fraction of sp³-hybridized carbons (Fsp3) is 0.222. The molecule has 0 fully saturated rings. The molecule has 0 aromatic carbocycles. The van der Waals surface area contributed by atoms with Crippen LogP contribution in [-0.2, 0) is 4.74 Å². The van der Waals surface area contributed by atoms with Crippen molar-refractivity contribution in [3.63, 3.8) is 0 Å². The SMILES string of the molecule is CO[C@@H](C)c1c(NC(=O)Nc2cnc(-n3nccn3)c(C)c2)cnc2ccnn12. The van der Waals surface area contributed by atoms with Gasteiger partial charge in [0.05, 0.1) is 54.2 Å². The Labute approximate surface area is 165 Å². The molecule has 4 aromatic heterocycles. The Kier molecular flexibility index (Phi) is 4.87. The van der Waals surface area contributed by atoms with Gasteiger partial charge in [-0.3, -0.25) is 0 Å². The van der Waals surface area contributed by atoms with Gasteiger partial charge in [-0.1, -0.05) is 0 Å². The second-order valence-corrected chi connectivity index (χ2v) is 6.30. The number of carbonyl (C=O) groups excluding carboxylic acids is 1. The van der Waals surface area contributed by atoms with E-state index in [4.69, 9.17) is 4.74 Å². The Balaban J connectivity index is 1.55. The molecule has 0 spiro atoms. The van der Waals surface area contributed by atoms with Gasteiger partial charge in [-0.2, -0.15) is 15.3 Å². The predicted molar refractivity (Wildman–Crippen MR) is 105 cm³/mol. The topological polar surface area (TPSA) is 124 Å². The molecule has 0 bridgehead atoms. The first kappa shape index (κ1) is 18.5. The molecular formula is C18H19N9O2. The lowest BCUT2D eigenvalue weighted by atomic mass is 10.2. The van der Waals surface area contributed by atoms with Crippen molar-refractivity contribution in [2.75, 3.05) is 17.7 Å². The molecule has 0 aliphatic rings. The van der Waals surface area contributed by atoms with E-state index in [1.807, 2.05) is 13.8 Å². The summed E-state index contributed by atoms with van der Waals surface area (Å²) in [5.74, 6) is 0.588. The number of aromatic nitrogens is 7. The van der Waals surface area contributed by atoms with Crippen molar-refractivity contribution in [3.8, 4) is 5.82 Å². The van der Waals surface area contributed by atoms with Gasteiger partial charge in [0.1, 0.15) is 0 Å². The van der Waals surface area contributed by atoms with Crippen LogP contribution in [0.4, 0.5) is 16.2 Å². The summed E-state index contributed by atoms with van der Waals surface area (Å²) in [6, 6.07) is 3.13. The van der Waals surface area contributed by atoms with Crippen molar-refractivity contribution < 1.29 is 9.53 Å². The van der Waals surface area contributed by atoms with Gasteiger partial charge in [-0.15, -0.1) is 4.80 Å². The quantitative estimate of drug-likeness (QED) is 0.533. The standard InChI is InChI=1S/C18H19N9O2/c1-11-8-13(9-20-17(11)27-22-6-7-23-27)24-18(28)25-14-10-19-15-4-5-21-26(15)16(14)12(2)29-3/h4-10,12H,1-3H3,(H2,24,25,28)/t12-/m0/s1. The molecule has 11 heteroatoms. The van der Waals surface area contributed by atoms with Crippen LogP contribution in [0.3, 0.4) is 0 Å². The summed E-state index contributed by atoms with van der Waals surface area (Å²) in [5.41, 5.74) is 3.19. The number of aryl methyl sites for hydroxylation is 1. The van der Waals surface area contributed by atoms with Gasteiger partial charge in [0, 0.05) is 13.2 Å². The van der Waals surface area contributed by atoms with Crippen molar-refractivity contribution in [2.45, 2.75) is 20.0 Å². The van der Waals surface area contributed by atoms with E-state index in [0.717, 1.165) is 5.56 Å². The minimum Gasteiger partial charge on any atom is -0.375 e. The number of amides is 2. The number of hydrogen-bond donors (Lipinski definition) is 2. The summed E-state index contributed by atoms with van der Waals surface area (Å²) in [6.07, 6.45) is 7.60. The monoisotopic (exact) mass is 393 g/mol. The third-order valence-corrected chi connectivity index (χ3v) is 4.36. The van der Waals surface area contributed by atoms with Crippen LogP contribution in [0.1, 0.15) is 24.3 Å². The van der Waals surface area contributed by atoms with E-state index < -0.39 is 6.03 Å². The Morgan fingerprint density at radius 3 is 2.62 bits per heavy atom. The van der Waals surface area contributed by atoms with Crippen LogP contribution in [0.2, 0.25) is 0 Å². The first-order valence-corrected chi connectivity index (χ1v) is 8.83. The third-order valence-electron chi connectivity index (χ3n) is 4.36. The lowest BCUT2D eigenvalue weighted by Gasteiger charge is -2.17. The smallest absolute Gasteiger partial charge is 0.323 e. The number of anilines is 2. The Hall–Kier alpha value is -3.86. The average molecular weight is 393 g/mol. The van der Waals surface area contributed by atoms with E-state index >= 15 is 0 Å². The van der Waals surface area contributed by atoms with Gasteiger partial charge in [0.25, 0.3) is 0 Å². The first-order chi connectivity index (χ1) is 14.1. The molecule has 2 amide bonds. The molecule has 0 aliphatic carbocycles. The predicted octanol–water partition coefficient (Wildman–Crippen LogP) is 2.36. The van der Waals surface area contributed by atoms with Crippen molar-refractivity contribution in [1.82, 2.24) is 34.6 Å². The normalized spacial score (nSPS) is 12.1. The molecule has 2 N–H and O–H groups in total. The molecule has 29 heavy (non-hydrogen) atoms. The first-order valence-electron chi connectivity index (χ1n) is 8.83. The maximum Gasteiger partial charge on any atom is 0.323 e. The lowest BCUT2D eigenvalue weighted by molar-refractivity contribution is 0.114. The number of hydrogen-bond acceptors (Lipinski definition) is 7. The van der Waals surface area contributed by atoms with Crippen molar-refractivity contribution in [2.24, 2.45) is 0 Å². The van der Waals surface area contributed by atoms with Crippen LogP contribution < -0.4 is 10.6 Å². The van der Waals surface area contributed by atoms with Crippen molar-refractivity contribution in [3.05, 3.63) is 54.4 Å². The van der Waals surface area contributed by atoms with Gasteiger partial charge in [0.2, 0.25) is 0 Å². The Morgan fingerprint density at radius 1 is 1.10 bits per heavy atom. The highest BCUT2D eigenvalue weighted by atomic mass is 16.5. The highest BCUT2D eigenvalue weighted by Gasteiger charge is 2.18. The molecule has 0 aliphatic heterocycles. The van der Waals surface area contributed by atoms with Crippen LogP contribution in [0.5, 0.6) is 0 Å². The summed E-state index contributed by atoms with van der Waals surface area (Å²) in [5, 5.41) is 18.0. The number of urea groups is 1. The number of ether oxygens (including phenoxy) is 1. The minimum absolute atomic E-state index is 0.305. The van der Waals surface area contributed by atoms with Crippen LogP contribution in [0, 0.1) is 6.92 Å². The van der Waals surface area contributed by atoms with E-state index in [9.17, 15) is 4.79 Å². The zero-order chi connectivity index (χ0) is 20.4. The summed E-state index contributed by atoms with van der Waals surface area (Å²) in [7, 11) is 1.59. The van der Waals surface area contributed by atoms with Gasteiger partial charge in [-0.05, 0) is 25.5 Å². The van der Waals surface area contributed by atoms with Crippen LogP contribution >= 0.6 is 0 Å². The molecule has 4 aromatic rings. The number of carbonyl (C=O) groups is 1. The molecule has 0 radical (unpaired) electrons. The number of nitrogens with zero attached hydrogens (tertiary/aromatic N) is 7. The molecule has 0 unspecified atom stereocenters. The van der Waals surface area contributed by atoms with Crippen molar-refractivity contribution >= 4 is 23.1 Å². The number of rotatable bonds is 5. The van der Waals surface area contributed by atoms with Gasteiger partial charge in [0.15, 0.2) is 11.5 Å². The average Bonchev–Trinajstić information content (AvgIpc) is 3.39. The number of fused-ring (bicyclic) bond motifs is 1. The summed E-state index contributed by atoms with van der Waals surface area (Å²) >= 11 is 0. The van der Waals surface area contributed by atoms with Gasteiger partial charge < -0.3 is 15.4 Å². The van der Waals surface area contributed by atoms with Crippen LogP contribution in [-0.4, -0.2) is 47.7 Å². The molecule has 148 valence electrons. The van der Waals surface area contributed by atoms with E-state index in [1.54, 1.807) is 54.7 Å². The minimum atomic E-state index is -0.436. The molecule has 0 saturated heterocycles. The van der Waals surface area contributed by atoms with Gasteiger partial charge >= 0.3 is 6.03 Å². The van der Waals surface area contributed by atoms with E-state index in [-0.39, 0.29) is 6.10 Å². The molecule has 0 saturated carbocycles.